The minimum atomic E-state index is -5.04. The third kappa shape index (κ3) is 7.15. The molecule has 0 bridgehead atoms. The van der Waals surface area contributed by atoms with Gasteiger partial charge in [0.2, 0.25) is 5.54 Å². The summed E-state index contributed by atoms with van der Waals surface area (Å²) in [6, 6.07) is 18.3. The van der Waals surface area contributed by atoms with E-state index in [1.807, 2.05) is 0 Å². The molecule has 4 rings (SSSR count). The fourth-order valence-corrected chi connectivity index (χ4v) is 5.22. The van der Waals surface area contributed by atoms with Gasteiger partial charge in [0.15, 0.2) is 0 Å². The summed E-state index contributed by atoms with van der Waals surface area (Å²) in [5.74, 6) is 0. The molecule has 1 aliphatic rings. The Kier molecular flexibility index (Phi) is 9.29. The van der Waals surface area contributed by atoms with Crippen molar-refractivity contribution in [2.75, 3.05) is 13.2 Å². The normalized spacial score (nSPS) is 21.5. The lowest BCUT2D eigenvalue weighted by molar-refractivity contribution is -0.571. The van der Waals surface area contributed by atoms with Gasteiger partial charge in [0, 0.05) is 18.3 Å². The van der Waals surface area contributed by atoms with Crippen LogP contribution in [0, 0.1) is 10.1 Å². The molecule has 3 aromatic rings. The second-order valence-electron chi connectivity index (χ2n) is 11.1. The maximum atomic E-state index is 13.7. The van der Waals surface area contributed by atoms with Crippen molar-refractivity contribution >= 4 is 6.09 Å². The van der Waals surface area contributed by atoms with Gasteiger partial charge in [-0.1, -0.05) is 60.7 Å². The molecule has 7 nitrogen and oxygen atoms in total. The second kappa shape index (κ2) is 12.5. The maximum absolute atomic E-state index is 13.7. The van der Waals surface area contributed by atoms with Gasteiger partial charge in [0.25, 0.3) is 0 Å². The van der Waals surface area contributed by atoms with Crippen LogP contribution in [0.4, 0.5) is 31.1 Å². The molecule has 0 radical (unpaired) electrons. The number of nitrogens with zero attached hydrogens (tertiary/aromatic N) is 2. The second-order valence-corrected chi connectivity index (χ2v) is 11.1. The molecule has 0 aromatic heterocycles. The number of likely N-dealkylation sites (tertiary alicyclic amines) is 1. The molecule has 13 heteroatoms. The summed E-state index contributed by atoms with van der Waals surface area (Å²) >= 11 is 0. The smallest absolute Gasteiger partial charge is 0.416 e. The third-order valence-corrected chi connectivity index (χ3v) is 7.92. The van der Waals surface area contributed by atoms with Gasteiger partial charge in [0.05, 0.1) is 35.9 Å². The average Bonchev–Trinajstić information content (AvgIpc) is 2.99. The highest BCUT2D eigenvalue weighted by Crippen LogP contribution is 2.44. The van der Waals surface area contributed by atoms with E-state index < -0.39 is 58.3 Å². The maximum Gasteiger partial charge on any atom is 0.416 e. The van der Waals surface area contributed by atoms with Crippen molar-refractivity contribution in [3.8, 4) is 0 Å². The summed E-state index contributed by atoms with van der Waals surface area (Å²) in [5.41, 5.74) is -5.13. The molecule has 0 unspecified atom stereocenters. The lowest BCUT2D eigenvalue weighted by Gasteiger charge is -2.49. The fraction of sp³-hybridized carbons (Fsp3) is 0.387. The van der Waals surface area contributed by atoms with Crippen LogP contribution in [0.5, 0.6) is 0 Å². The first-order valence-corrected chi connectivity index (χ1v) is 13.6. The highest BCUT2D eigenvalue weighted by molar-refractivity contribution is 5.70. The Bertz CT molecular complexity index is 1440. The van der Waals surface area contributed by atoms with Crippen LogP contribution in [0.3, 0.4) is 0 Å². The number of hydrogen-bond donors (Lipinski definition) is 0. The van der Waals surface area contributed by atoms with E-state index in [1.54, 1.807) is 60.7 Å². The molecule has 3 aromatic carbocycles. The number of amides is 1. The van der Waals surface area contributed by atoms with E-state index in [1.165, 1.54) is 18.7 Å². The van der Waals surface area contributed by atoms with Crippen LogP contribution in [0.2, 0.25) is 0 Å². The molecule has 0 N–H and O–H groups in total. The lowest BCUT2D eigenvalue weighted by Crippen LogP contribution is -2.63. The van der Waals surface area contributed by atoms with Crippen LogP contribution in [0.15, 0.2) is 78.9 Å². The molecule has 0 aliphatic carbocycles. The Balaban J connectivity index is 1.72. The fourth-order valence-electron chi connectivity index (χ4n) is 5.22. The number of rotatable bonds is 8. The molecular formula is C31H30F6N2O5. The molecule has 1 amide bonds. The zero-order valence-electron chi connectivity index (χ0n) is 23.8. The summed E-state index contributed by atoms with van der Waals surface area (Å²) in [4.78, 5) is 26.4. The van der Waals surface area contributed by atoms with Crippen molar-refractivity contribution in [1.29, 1.82) is 0 Å². The molecule has 236 valence electrons. The van der Waals surface area contributed by atoms with Crippen LogP contribution in [0.1, 0.15) is 60.6 Å². The Labute approximate surface area is 249 Å². The molecule has 0 saturated carbocycles. The van der Waals surface area contributed by atoms with Gasteiger partial charge in [-0.05, 0) is 48.2 Å². The average molecular weight is 625 g/mol. The Morgan fingerprint density at radius 1 is 0.932 bits per heavy atom. The number of carbonyl (C=O) groups is 1. The number of hydrogen-bond acceptors (Lipinski definition) is 5. The first-order valence-electron chi connectivity index (χ1n) is 13.6. The SMILES string of the molecule is C[C@@H](OC[C@@]1(c2ccccc2)CC[C@@](C)([N+](=O)[O-])CN1C(=O)OCc1ccccc1)c1cc(C(F)(F)F)cc(C(F)(F)F)c1. The first-order chi connectivity index (χ1) is 20.5. The molecule has 3 atom stereocenters. The summed E-state index contributed by atoms with van der Waals surface area (Å²) < 4.78 is 92.6. The Hall–Kier alpha value is -4.13. The van der Waals surface area contributed by atoms with Crippen molar-refractivity contribution in [3.63, 3.8) is 0 Å². The molecule has 1 fully saturated rings. The highest BCUT2D eigenvalue weighted by Gasteiger charge is 2.55. The monoisotopic (exact) mass is 624 g/mol. The molecule has 1 saturated heterocycles. The van der Waals surface area contributed by atoms with Gasteiger partial charge in [-0.25, -0.2) is 4.79 Å². The number of piperidine rings is 1. The Morgan fingerprint density at radius 3 is 2.00 bits per heavy atom. The van der Waals surface area contributed by atoms with Gasteiger partial charge in [-0.15, -0.1) is 0 Å². The van der Waals surface area contributed by atoms with E-state index >= 15 is 0 Å². The van der Waals surface area contributed by atoms with E-state index in [2.05, 4.69) is 0 Å². The summed E-state index contributed by atoms with van der Waals surface area (Å²) in [6.07, 6.45) is -12.3. The van der Waals surface area contributed by atoms with E-state index in [0.717, 1.165) is 0 Å². The van der Waals surface area contributed by atoms with Crippen molar-refractivity contribution in [3.05, 3.63) is 117 Å². The number of benzene rings is 3. The van der Waals surface area contributed by atoms with Crippen molar-refractivity contribution in [2.45, 2.75) is 62.8 Å². The van der Waals surface area contributed by atoms with Crippen LogP contribution in [-0.4, -0.2) is 34.6 Å². The van der Waals surface area contributed by atoms with Crippen LogP contribution < -0.4 is 0 Å². The highest BCUT2D eigenvalue weighted by atomic mass is 19.4. The predicted octanol–water partition coefficient (Wildman–Crippen LogP) is 8.17. The van der Waals surface area contributed by atoms with E-state index in [0.29, 0.717) is 23.3 Å². The van der Waals surface area contributed by atoms with E-state index in [4.69, 9.17) is 9.47 Å². The number of nitro groups is 1. The molecular weight excluding hydrogens is 594 g/mol. The van der Waals surface area contributed by atoms with Gasteiger partial charge in [-0.3, -0.25) is 15.0 Å². The molecule has 0 spiro atoms. The summed E-state index contributed by atoms with van der Waals surface area (Å²) in [5, 5.41) is 12.1. The predicted molar refractivity (Wildman–Crippen MR) is 147 cm³/mol. The lowest BCUT2D eigenvalue weighted by atomic mass is 9.75. The number of carbonyl (C=O) groups excluding carboxylic acids is 1. The minimum absolute atomic E-state index is 0.00194. The summed E-state index contributed by atoms with van der Waals surface area (Å²) in [7, 11) is 0. The number of halogens is 6. The van der Waals surface area contributed by atoms with E-state index in [9.17, 15) is 41.3 Å². The first kappa shape index (κ1) is 32.8. The van der Waals surface area contributed by atoms with Crippen molar-refractivity contribution in [1.82, 2.24) is 4.90 Å². The molecule has 1 heterocycles. The molecule has 44 heavy (non-hydrogen) atoms. The van der Waals surface area contributed by atoms with Gasteiger partial charge < -0.3 is 9.47 Å². The number of ether oxygens (including phenoxy) is 2. The molecule has 1 aliphatic heterocycles. The van der Waals surface area contributed by atoms with Gasteiger partial charge in [-0.2, -0.15) is 26.3 Å². The zero-order valence-corrected chi connectivity index (χ0v) is 23.8. The topological polar surface area (TPSA) is 81.9 Å². The van der Waals surface area contributed by atoms with Crippen LogP contribution in [0.25, 0.3) is 0 Å². The van der Waals surface area contributed by atoms with Crippen LogP contribution >= 0.6 is 0 Å². The van der Waals surface area contributed by atoms with Crippen molar-refractivity contribution < 1.29 is 45.5 Å². The van der Waals surface area contributed by atoms with Gasteiger partial charge >= 0.3 is 18.4 Å². The minimum Gasteiger partial charge on any atom is -0.445 e. The summed E-state index contributed by atoms with van der Waals surface area (Å²) in [6.45, 7) is 1.77. The quantitative estimate of drug-likeness (QED) is 0.144. The standard InChI is InChI=1S/C31H30F6N2O5/c1-21(23-15-25(30(32,33)34)17-26(16-23)31(35,36)37)44-20-29(24-11-7-4-8-12-24)14-13-28(2,39(41)42)19-38(29)27(40)43-18-22-9-5-3-6-10-22/h3-12,15-17,21H,13-14,18-20H2,1-2H3/t21-,28-,29-/m1/s1. The number of alkyl halides is 6. The van der Waals surface area contributed by atoms with Crippen molar-refractivity contribution in [2.24, 2.45) is 0 Å². The van der Waals surface area contributed by atoms with E-state index in [-0.39, 0.29) is 37.6 Å². The van der Waals surface area contributed by atoms with Crippen LogP contribution in [-0.2, 0) is 34.0 Å². The van der Waals surface area contributed by atoms with Gasteiger partial charge in [0.1, 0.15) is 6.61 Å². The zero-order chi connectivity index (χ0) is 32.3. The Morgan fingerprint density at radius 2 is 1.48 bits per heavy atom. The third-order valence-electron chi connectivity index (χ3n) is 7.92. The largest absolute Gasteiger partial charge is 0.445 e.